The Labute approximate surface area is 80.7 Å². The Morgan fingerprint density at radius 1 is 1.15 bits per heavy atom. The van der Waals surface area contributed by atoms with Crippen LogP contribution in [-0.4, -0.2) is 22.7 Å². The van der Waals surface area contributed by atoms with Crippen molar-refractivity contribution in [1.29, 1.82) is 0 Å². The van der Waals surface area contributed by atoms with Crippen molar-refractivity contribution >= 4 is 5.91 Å². The maximum absolute atomic E-state index is 11.2. The molecule has 0 aliphatic carbocycles. The van der Waals surface area contributed by atoms with Crippen molar-refractivity contribution in [3.63, 3.8) is 0 Å². The summed E-state index contributed by atoms with van der Waals surface area (Å²) in [5.41, 5.74) is 0. The third kappa shape index (κ3) is 6.58. The Hall–Kier alpha value is -0.570. The summed E-state index contributed by atoms with van der Waals surface area (Å²) < 4.78 is 0. The number of carbonyl (C=O) groups excluding carboxylic acids is 1. The van der Waals surface area contributed by atoms with Crippen molar-refractivity contribution in [2.75, 3.05) is 6.54 Å². The number of unbranched alkanes of at least 4 members (excludes halogenated alkanes) is 3. The average molecular weight is 187 g/mol. The van der Waals surface area contributed by atoms with Crippen LogP contribution in [0.5, 0.6) is 0 Å². The summed E-state index contributed by atoms with van der Waals surface area (Å²) in [5.74, 6) is -0.137. The second-order valence-corrected chi connectivity index (χ2v) is 3.33. The summed E-state index contributed by atoms with van der Waals surface area (Å²) >= 11 is 0. The van der Waals surface area contributed by atoms with Gasteiger partial charge in [0.2, 0.25) is 5.91 Å². The van der Waals surface area contributed by atoms with Crippen LogP contribution in [0.15, 0.2) is 0 Å². The van der Waals surface area contributed by atoms with Crippen molar-refractivity contribution in [3.8, 4) is 0 Å². The molecule has 3 heteroatoms. The quantitative estimate of drug-likeness (QED) is 0.378. The van der Waals surface area contributed by atoms with Crippen LogP contribution in [-0.2, 0) is 4.79 Å². The molecule has 0 atom stereocenters. The summed E-state index contributed by atoms with van der Waals surface area (Å²) in [7, 11) is 0. The average Bonchev–Trinajstić information content (AvgIpc) is 2.14. The molecule has 0 saturated heterocycles. The normalized spacial score (nSPS) is 10.1. The predicted octanol–water partition coefficient (Wildman–Crippen LogP) is 2.58. The van der Waals surface area contributed by atoms with Crippen molar-refractivity contribution in [1.82, 2.24) is 5.06 Å². The van der Waals surface area contributed by atoms with E-state index in [1.165, 1.54) is 0 Å². The van der Waals surface area contributed by atoms with E-state index in [-0.39, 0.29) is 5.91 Å². The minimum atomic E-state index is -0.137. The topological polar surface area (TPSA) is 40.5 Å². The molecule has 13 heavy (non-hydrogen) atoms. The lowest BCUT2D eigenvalue weighted by molar-refractivity contribution is -0.165. The fraction of sp³-hybridized carbons (Fsp3) is 0.900. The molecule has 0 aliphatic heterocycles. The molecule has 0 rings (SSSR count). The fourth-order valence-electron chi connectivity index (χ4n) is 1.09. The summed E-state index contributed by atoms with van der Waals surface area (Å²) in [6.45, 7) is 4.61. The van der Waals surface area contributed by atoms with E-state index in [0.717, 1.165) is 37.2 Å². The monoisotopic (exact) mass is 187 g/mol. The zero-order chi connectivity index (χ0) is 10.1. The van der Waals surface area contributed by atoms with E-state index in [9.17, 15) is 10.0 Å². The highest BCUT2D eigenvalue weighted by atomic mass is 16.5. The fourth-order valence-corrected chi connectivity index (χ4v) is 1.09. The van der Waals surface area contributed by atoms with E-state index < -0.39 is 0 Å². The number of nitrogens with zero attached hydrogens (tertiary/aromatic N) is 1. The van der Waals surface area contributed by atoms with Gasteiger partial charge in [0.05, 0.1) is 0 Å². The van der Waals surface area contributed by atoms with E-state index >= 15 is 0 Å². The lowest BCUT2D eigenvalue weighted by Gasteiger charge is -2.13. The van der Waals surface area contributed by atoms with Crippen LogP contribution in [0.4, 0.5) is 0 Å². The molecule has 3 nitrogen and oxygen atoms in total. The molecule has 0 heterocycles. The zero-order valence-corrected chi connectivity index (χ0v) is 8.75. The van der Waals surface area contributed by atoms with Crippen LogP contribution < -0.4 is 0 Å². The first-order chi connectivity index (χ1) is 6.22. The molecule has 0 aromatic heterocycles. The second-order valence-electron chi connectivity index (χ2n) is 3.33. The van der Waals surface area contributed by atoms with Crippen LogP contribution in [0, 0.1) is 0 Å². The van der Waals surface area contributed by atoms with Gasteiger partial charge >= 0.3 is 0 Å². The molecule has 78 valence electrons. The molecule has 0 spiro atoms. The third-order valence-electron chi connectivity index (χ3n) is 2.01. The van der Waals surface area contributed by atoms with Gasteiger partial charge < -0.3 is 0 Å². The van der Waals surface area contributed by atoms with Crippen LogP contribution >= 0.6 is 0 Å². The van der Waals surface area contributed by atoms with Gasteiger partial charge in [-0.15, -0.1) is 0 Å². The van der Waals surface area contributed by atoms with Crippen LogP contribution in [0.25, 0.3) is 0 Å². The van der Waals surface area contributed by atoms with Crippen molar-refractivity contribution in [3.05, 3.63) is 0 Å². The summed E-state index contributed by atoms with van der Waals surface area (Å²) in [5, 5.41) is 10.1. The van der Waals surface area contributed by atoms with Crippen molar-refractivity contribution in [2.24, 2.45) is 0 Å². The number of carbonyl (C=O) groups is 1. The van der Waals surface area contributed by atoms with Gasteiger partial charge in [-0.1, -0.05) is 33.1 Å². The number of amides is 1. The van der Waals surface area contributed by atoms with Gasteiger partial charge in [-0.05, 0) is 12.8 Å². The standard InChI is InChI=1S/C10H21NO2/c1-3-5-7-8-10(12)11(13)9-6-4-2/h13H,3-9H2,1-2H3. The van der Waals surface area contributed by atoms with Gasteiger partial charge in [0, 0.05) is 13.0 Å². The molecule has 0 aromatic carbocycles. The lowest BCUT2D eigenvalue weighted by Crippen LogP contribution is -2.28. The molecule has 0 bridgehead atoms. The van der Waals surface area contributed by atoms with E-state index in [0.29, 0.717) is 13.0 Å². The molecule has 0 radical (unpaired) electrons. The zero-order valence-electron chi connectivity index (χ0n) is 8.75. The molecular weight excluding hydrogens is 166 g/mol. The molecule has 1 amide bonds. The Bertz CT molecular complexity index is 137. The van der Waals surface area contributed by atoms with E-state index in [2.05, 4.69) is 6.92 Å². The van der Waals surface area contributed by atoms with Gasteiger partial charge in [-0.3, -0.25) is 10.0 Å². The van der Waals surface area contributed by atoms with Gasteiger partial charge in [0.15, 0.2) is 0 Å². The van der Waals surface area contributed by atoms with Crippen molar-refractivity contribution in [2.45, 2.75) is 52.4 Å². The third-order valence-corrected chi connectivity index (χ3v) is 2.01. The highest BCUT2D eigenvalue weighted by Gasteiger charge is 2.08. The smallest absolute Gasteiger partial charge is 0.245 e. The van der Waals surface area contributed by atoms with Crippen LogP contribution in [0.1, 0.15) is 52.4 Å². The SMILES string of the molecule is CCCCCC(=O)N(O)CCCC. The Morgan fingerprint density at radius 3 is 2.31 bits per heavy atom. The first-order valence-corrected chi connectivity index (χ1v) is 5.21. The number of hydrogen-bond acceptors (Lipinski definition) is 2. The molecule has 0 aliphatic rings. The van der Waals surface area contributed by atoms with E-state index in [1.807, 2.05) is 6.92 Å². The maximum atomic E-state index is 11.2. The summed E-state index contributed by atoms with van der Waals surface area (Å²) in [4.78, 5) is 11.2. The maximum Gasteiger partial charge on any atom is 0.245 e. The van der Waals surface area contributed by atoms with Crippen molar-refractivity contribution < 1.29 is 10.0 Å². The number of rotatable bonds is 7. The summed E-state index contributed by atoms with van der Waals surface area (Å²) in [6, 6.07) is 0. The molecule has 1 N–H and O–H groups in total. The predicted molar refractivity (Wildman–Crippen MR) is 52.5 cm³/mol. The molecule has 0 fully saturated rings. The van der Waals surface area contributed by atoms with E-state index in [4.69, 9.17) is 0 Å². The Morgan fingerprint density at radius 2 is 1.77 bits per heavy atom. The largest absolute Gasteiger partial charge is 0.286 e. The summed E-state index contributed by atoms with van der Waals surface area (Å²) in [6.07, 6.45) is 5.41. The lowest BCUT2D eigenvalue weighted by atomic mass is 10.2. The van der Waals surface area contributed by atoms with Gasteiger partial charge in [0.1, 0.15) is 0 Å². The second kappa shape index (κ2) is 8.05. The van der Waals surface area contributed by atoms with Crippen LogP contribution in [0.3, 0.4) is 0 Å². The number of hydrogen-bond donors (Lipinski definition) is 1. The highest BCUT2D eigenvalue weighted by Crippen LogP contribution is 2.02. The van der Waals surface area contributed by atoms with Gasteiger partial charge in [-0.25, -0.2) is 5.06 Å². The Balaban J connectivity index is 3.45. The molecule has 0 saturated carbocycles. The first kappa shape index (κ1) is 12.4. The number of hydroxylamine groups is 2. The van der Waals surface area contributed by atoms with Gasteiger partial charge in [0.25, 0.3) is 0 Å². The highest BCUT2D eigenvalue weighted by molar-refractivity contribution is 5.74. The molecular formula is C10H21NO2. The molecule has 0 unspecified atom stereocenters. The molecule has 0 aromatic rings. The Kier molecular flexibility index (Phi) is 7.69. The minimum absolute atomic E-state index is 0.137. The van der Waals surface area contributed by atoms with Crippen LogP contribution in [0.2, 0.25) is 0 Å². The van der Waals surface area contributed by atoms with Gasteiger partial charge in [-0.2, -0.15) is 0 Å². The van der Waals surface area contributed by atoms with E-state index in [1.54, 1.807) is 0 Å². The minimum Gasteiger partial charge on any atom is -0.286 e. The first-order valence-electron chi connectivity index (χ1n) is 5.21.